The fourth-order valence-electron chi connectivity index (χ4n) is 6.58. The predicted octanol–water partition coefficient (Wildman–Crippen LogP) is 7.60. The molecule has 48 heavy (non-hydrogen) atoms. The van der Waals surface area contributed by atoms with Crippen molar-refractivity contribution >= 4 is 36.9 Å². The van der Waals surface area contributed by atoms with Crippen LogP contribution in [0.4, 0.5) is 0 Å². The maximum atomic E-state index is 3.75. The van der Waals surface area contributed by atoms with E-state index >= 15 is 0 Å². The molecular formula is C46H42Si2. The van der Waals surface area contributed by atoms with Gasteiger partial charge < -0.3 is 0 Å². The second-order valence-electron chi connectivity index (χ2n) is 14.0. The second kappa shape index (κ2) is 14.7. The highest BCUT2D eigenvalue weighted by Gasteiger charge is 2.48. The summed E-state index contributed by atoms with van der Waals surface area (Å²) in [5, 5.41) is 5.14. The fourth-order valence-corrected chi connectivity index (χ4v) is 15.3. The van der Waals surface area contributed by atoms with Crippen LogP contribution in [-0.4, -0.2) is 16.1 Å². The maximum Gasteiger partial charge on any atom is 0.205 e. The van der Waals surface area contributed by atoms with E-state index in [1.165, 1.54) is 20.7 Å². The van der Waals surface area contributed by atoms with Gasteiger partial charge in [0.05, 0.1) is 0 Å². The standard InChI is InChI=1S/C46H42Si2/c1-45(2,3)47(41-25-11-7-12-26-41,42-27-13-8-14-28-42)37-21-19-23-39-33-35-40(36-34-39)24-20-22-38-48(46(4,5)6,43-29-15-9-16-30-43)44-31-17-10-18-32-44/h7-18,25-36H,1-6H3. The minimum atomic E-state index is -2.48. The molecule has 0 fully saturated rings. The van der Waals surface area contributed by atoms with Gasteiger partial charge in [-0.05, 0) is 78.8 Å². The molecule has 234 valence electrons. The van der Waals surface area contributed by atoms with Gasteiger partial charge in [0.2, 0.25) is 16.1 Å². The van der Waals surface area contributed by atoms with Gasteiger partial charge in [0.15, 0.2) is 0 Å². The van der Waals surface area contributed by atoms with Crippen LogP contribution in [0.5, 0.6) is 0 Å². The van der Waals surface area contributed by atoms with Gasteiger partial charge in [-0.3, -0.25) is 0 Å². The van der Waals surface area contributed by atoms with E-state index in [4.69, 9.17) is 0 Å². The van der Waals surface area contributed by atoms with Crippen molar-refractivity contribution in [3.8, 4) is 46.6 Å². The maximum absolute atomic E-state index is 3.75. The number of hydrogen-bond acceptors (Lipinski definition) is 0. The van der Waals surface area contributed by atoms with Crippen molar-refractivity contribution in [2.75, 3.05) is 0 Å². The van der Waals surface area contributed by atoms with E-state index in [0.29, 0.717) is 0 Å². The Morgan fingerprint density at radius 3 is 0.812 bits per heavy atom. The third-order valence-electron chi connectivity index (χ3n) is 9.00. The van der Waals surface area contributed by atoms with Gasteiger partial charge in [0, 0.05) is 11.1 Å². The molecule has 0 radical (unpaired) electrons. The van der Waals surface area contributed by atoms with Gasteiger partial charge in [0.1, 0.15) is 0 Å². The normalized spacial score (nSPS) is 11.3. The fraction of sp³-hybridized carbons (Fsp3) is 0.174. The molecule has 5 aromatic rings. The molecule has 0 saturated heterocycles. The van der Waals surface area contributed by atoms with E-state index in [0.717, 1.165) is 11.1 Å². The summed E-state index contributed by atoms with van der Waals surface area (Å²) >= 11 is 0. The molecule has 0 nitrogen and oxygen atoms in total. The molecule has 0 aliphatic heterocycles. The van der Waals surface area contributed by atoms with Crippen LogP contribution in [0.2, 0.25) is 10.1 Å². The molecule has 0 unspecified atom stereocenters. The molecule has 0 N–H and O–H groups in total. The molecule has 0 aromatic heterocycles. The molecule has 0 bridgehead atoms. The molecular weight excluding hydrogens is 609 g/mol. The Bertz CT molecular complexity index is 1840. The van der Waals surface area contributed by atoms with Crippen LogP contribution in [-0.2, 0) is 0 Å². The van der Waals surface area contributed by atoms with Crippen molar-refractivity contribution in [1.82, 2.24) is 0 Å². The molecule has 5 rings (SSSR count). The summed E-state index contributed by atoms with van der Waals surface area (Å²) in [5.41, 5.74) is 9.32. The Morgan fingerprint density at radius 2 is 0.583 bits per heavy atom. The van der Waals surface area contributed by atoms with Gasteiger partial charge in [0.25, 0.3) is 0 Å². The third-order valence-corrected chi connectivity index (χ3v) is 19.3. The molecule has 5 aromatic carbocycles. The largest absolute Gasteiger partial charge is 0.205 e. The van der Waals surface area contributed by atoms with Crippen molar-refractivity contribution in [2.24, 2.45) is 0 Å². The monoisotopic (exact) mass is 650 g/mol. The molecule has 0 aliphatic rings. The zero-order chi connectivity index (χ0) is 34.1. The van der Waals surface area contributed by atoms with Crippen molar-refractivity contribution < 1.29 is 0 Å². The molecule has 0 amide bonds. The first-order chi connectivity index (χ1) is 23.1. The lowest BCUT2D eigenvalue weighted by Crippen LogP contribution is -2.63. The highest BCUT2D eigenvalue weighted by molar-refractivity contribution is 7.10. The van der Waals surface area contributed by atoms with E-state index in [1.807, 2.05) is 24.3 Å². The van der Waals surface area contributed by atoms with E-state index in [-0.39, 0.29) is 10.1 Å². The second-order valence-corrected chi connectivity index (χ2v) is 22.9. The van der Waals surface area contributed by atoms with Crippen molar-refractivity contribution in [3.05, 3.63) is 157 Å². The SMILES string of the molecule is CC(C)(C)[Si](C#CC#Cc1ccc(C#CC#C[Si](c2ccccc2)(c2ccccc2)C(C)(C)C)cc1)(c1ccccc1)c1ccccc1. The highest BCUT2D eigenvalue weighted by Crippen LogP contribution is 2.36. The summed E-state index contributed by atoms with van der Waals surface area (Å²) in [4.78, 5) is 0. The zero-order valence-electron chi connectivity index (χ0n) is 28.9. The van der Waals surface area contributed by atoms with Gasteiger partial charge in [-0.25, -0.2) is 0 Å². The van der Waals surface area contributed by atoms with E-state index in [9.17, 15) is 0 Å². The van der Waals surface area contributed by atoms with Crippen LogP contribution in [0.25, 0.3) is 0 Å². The van der Waals surface area contributed by atoms with Crippen LogP contribution in [0.15, 0.2) is 146 Å². The molecule has 0 saturated carbocycles. The summed E-state index contributed by atoms with van der Waals surface area (Å²) in [6, 6.07) is 51.1. The van der Waals surface area contributed by atoms with E-state index in [2.05, 4.69) is 209 Å². The van der Waals surface area contributed by atoms with E-state index in [1.54, 1.807) is 0 Å². The number of rotatable bonds is 4. The average molecular weight is 651 g/mol. The lowest BCUT2D eigenvalue weighted by Gasteiger charge is -2.39. The first-order valence-corrected chi connectivity index (χ1v) is 20.5. The van der Waals surface area contributed by atoms with Crippen molar-refractivity contribution in [2.45, 2.75) is 51.6 Å². The third kappa shape index (κ3) is 7.18. The Kier molecular flexibility index (Phi) is 10.4. The summed E-state index contributed by atoms with van der Waals surface area (Å²) in [5.74, 6) is 19.5. The number of hydrogen-bond donors (Lipinski definition) is 0. The summed E-state index contributed by atoms with van der Waals surface area (Å²) in [6.45, 7) is 13.8. The Balaban J connectivity index is 1.43. The summed E-state index contributed by atoms with van der Waals surface area (Å²) < 4.78 is 0. The molecule has 2 heteroatoms. The minimum absolute atomic E-state index is 0.0369. The van der Waals surface area contributed by atoms with Crippen LogP contribution < -0.4 is 20.7 Å². The molecule has 0 spiro atoms. The first kappa shape index (κ1) is 34.1. The van der Waals surface area contributed by atoms with Crippen LogP contribution in [0, 0.1) is 46.6 Å². The Labute approximate surface area is 290 Å². The Morgan fingerprint density at radius 1 is 0.333 bits per heavy atom. The van der Waals surface area contributed by atoms with E-state index < -0.39 is 16.1 Å². The summed E-state index contributed by atoms with van der Waals surface area (Å²) in [6.07, 6.45) is 0. The highest BCUT2D eigenvalue weighted by atomic mass is 28.3. The van der Waals surface area contributed by atoms with Crippen LogP contribution in [0.3, 0.4) is 0 Å². The van der Waals surface area contributed by atoms with Crippen molar-refractivity contribution in [1.29, 1.82) is 0 Å². The topological polar surface area (TPSA) is 0 Å². The Hall–Kier alpha value is -5.23. The lowest BCUT2D eigenvalue weighted by molar-refractivity contribution is 0.740. The minimum Gasteiger partial charge on any atom is -0.105 e. The van der Waals surface area contributed by atoms with Crippen molar-refractivity contribution in [3.63, 3.8) is 0 Å². The van der Waals surface area contributed by atoms with Gasteiger partial charge >= 0.3 is 0 Å². The predicted molar refractivity (Wildman–Crippen MR) is 211 cm³/mol. The average Bonchev–Trinajstić information content (AvgIpc) is 3.09. The number of benzene rings is 5. The van der Waals surface area contributed by atoms with Crippen LogP contribution in [0.1, 0.15) is 52.7 Å². The molecule has 0 atom stereocenters. The zero-order valence-corrected chi connectivity index (χ0v) is 30.9. The summed E-state index contributed by atoms with van der Waals surface area (Å²) in [7, 11) is -4.95. The van der Waals surface area contributed by atoms with Gasteiger partial charge in [-0.15, -0.1) is 11.1 Å². The molecule has 0 heterocycles. The smallest absolute Gasteiger partial charge is 0.105 e. The first-order valence-electron chi connectivity index (χ1n) is 16.5. The van der Waals surface area contributed by atoms with Gasteiger partial charge in [-0.1, -0.05) is 175 Å². The quantitative estimate of drug-likeness (QED) is 0.139. The lowest BCUT2D eigenvalue weighted by atomic mass is 10.1. The molecule has 0 aliphatic carbocycles. The van der Waals surface area contributed by atoms with Crippen LogP contribution >= 0.6 is 0 Å². The van der Waals surface area contributed by atoms with Gasteiger partial charge in [-0.2, -0.15) is 0 Å².